The van der Waals surface area contributed by atoms with Crippen LogP contribution in [0.4, 0.5) is 5.82 Å². The molecule has 2 aromatic carbocycles. The number of fused-ring (bicyclic) bond motifs is 1. The van der Waals surface area contributed by atoms with Gasteiger partial charge in [0, 0.05) is 33.6 Å². The van der Waals surface area contributed by atoms with E-state index < -0.39 is 0 Å². The van der Waals surface area contributed by atoms with Crippen LogP contribution < -0.4 is 5.32 Å². The SMILES string of the molecule is Cc1cc(Cl)ccc1-n1nc(Cc2ccc(Cl)cc2Cl)c2c1NCC2. The number of nitrogens with zero attached hydrogens (tertiary/aromatic N) is 2. The van der Waals surface area contributed by atoms with E-state index in [0.29, 0.717) is 16.5 Å². The highest BCUT2D eigenvalue weighted by atomic mass is 35.5. The Hall–Kier alpha value is -1.68. The van der Waals surface area contributed by atoms with Crippen LogP contribution in [0.2, 0.25) is 15.1 Å². The van der Waals surface area contributed by atoms with Crippen molar-refractivity contribution in [3.63, 3.8) is 0 Å². The van der Waals surface area contributed by atoms with Crippen molar-refractivity contribution >= 4 is 40.6 Å². The van der Waals surface area contributed by atoms with Gasteiger partial charge in [-0.3, -0.25) is 0 Å². The van der Waals surface area contributed by atoms with Gasteiger partial charge in [-0.2, -0.15) is 5.10 Å². The summed E-state index contributed by atoms with van der Waals surface area (Å²) in [4.78, 5) is 0. The molecule has 0 saturated heterocycles. The highest BCUT2D eigenvalue weighted by molar-refractivity contribution is 6.35. The van der Waals surface area contributed by atoms with Crippen LogP contribution >= 0.6 is 34.8 Å². The fourth-order valence-corrected chi connectivity index (χ4v) is 3.97. The van der Waals surface area contributed by atoms with Crippen LogP contribution in [0.15, 0.2) is 36.4 Å². The lowest BCUT2D eigenvalue weighted by atomic mass is 10.1. The van der Waals surface area contributed by atoms with Crippen molar-refractivity contribution < 1.29 is 0 Å². The van der Waals surface area contributed by atoms with E-state index in [-0.39, 0.29) is 0 Å². The number of benzene rings is 2. The molecule has 0 spiro atoms. The molecule has 0 atom stereocenters. The van der Waals surface area contributed by atoms with Gasteiger partial charge in [0.25, 0.3) is 0 Å². The minimum atomic E-state index is 0.642. The molecule has 3 aromatic rings. The first kappa shape index (κ1) is 16.8. The summed E-state index contributed by atoms with van der Waals surface area (Å²) >= 11 is 18.4. The smallest absolute Gasteiger partial charge is 0.133 e. The number of aryl methyl sites for hydroxylation is 1. The second-order valence-electron chi connectivity index (χ2n) is 6.21. The van der Waals surface area contributed by atoms with Gasteiger partial charge in [0.2, 0.25) is 0 Å². The van der Waals surface area contributed by atoms with Crippen molar-refractivity contribution in [2.75, 3.05) is 11.9 Å². The van der Waals surface area contributed by atoms with E-state index in [1.54, 1.807) is 6.07 Å². The second-order valence-corrected chi connectivity index (χ2v) is 7.49. The Bertz CT molecular complexity index is 963. The molecule has 6 heteroatoms. The number of hydrogen-bond acceptors (Lipinski definition) is 2. The van der Waals surface area contributed by atoms with Crippen molar-refractivity contribution in [2.24, 2.45) is 0 Å². The van der Waals surface area contributed by atoms with E-state index in [1.807, 2.05) is 41.9 Å². The normalized spacial score (nSPS) is 13.0. The second kappa shape index (κ2) is 6.56. The van der Waals surface area contributed by atoms with Gasteiger partial charge in [-0.25, -0.2) is 4.68 Å². The zero-order valence-electron chi connectivity index (χ0n) is 13.6. The van der Waals surface area contributed by atoms with E-state index >= 15 is 0 Å². The average Bonchev–Trinajstić information content (AvgIpc) is 3.14. The van der Waals surface area contributed by atoms with Gasteiger partial charge < -0.3 is 5.32 Å². The highest BCUT2D eigenvalue weighted by Gasteiger charge is 2.24. The molecular weight excluding hydrogens is 377 g/mol. The molecule has 1 N–H and O–H groups in total. The minimum Gasteiger partial charge on any atom is -0.369 e. The van der Waals surface area contributed by atoms with Gasteiger partial charge in [-0.05, 0) is 54.8 Å². The Balaban J connectivity index is 1.78. The van der Waals surface area contributed by atoms with Gasteiger partial charge in [0.05, 0.1) is 11.4 Å². The molecule has 3 nitrogen and oxygen atoms in total. The minimum absolute atomic E-state index is 0.642. The number of halogens is 3. The number of aromatic nitrogens is 2. The maximum absolute atomic E-state index is 6.35. The predicted molar refractivity (Wildman–Crippen MR) is 105 cm³/mol. The van der Waals surface area contributed by atoms with Crippen molar-refractivity contribution in [1.82, 2.24) is 9.78 Å². The van der Waals surface area contributed by atoms with Crippen LogP contribution in [0.3, 0.4) is 0 Å². The van der Waals surface area contributed by atoms with E-state index in [4.69, 9.17) is 39.9 Å². The molecule has 0 saturated carbocycles. The topological polar surface area (TPSA) is 29.9 Å². The van der Waals surface area contributed by atoms with Gasteiger partial charge in [-0.1, -0.05) is 40.9 Å². The van der Waals surface area contributed by atoms with Crippen LogP contribution in [0.25, 0.3) is 5.69 Å². The number of anilines is 1. The molecule has 4 rings (SSSR count). The summed E-state index contributed by atoms with van der Waals surface area (Å²) in [6.07, 6.45) is 1.64. The fourth-order valence-electron chi connectivity index (χ4n) is 3.26. The maximum Gasteiger partial charge on any atom is 0.133 e. The summed E-state index contributed by atoms with van der Waals surface area (Å²) in [5.41, 5.74) is 5.43. The first-order valence-electron chi connectivity index (χ1n) is 8.08. The summed E-state index contributed by atoms with van der Waals surface area (Å²) in [6.45, 7) is 2.96. The third-order valence-electron chi connectivity index (χ3n) is 4.49. The Morgan fingerprint density at radius 2 is 1.84 bits per heavy atom. The predicted octanol–water partition coefficient (Wildman–Crippen LogP) is 5.70. The zero-order chi connectivity index (χ0) is 17.6. The Kier molecular flexibility index (Phi) is 4.40. The molecule has 0 fully saturated rings. The average molecular weight is 393 g/mol. The fraction of sp³-hybridized carbons (Fsp3) is 0.211. The molecule has 0 aliphatic carbocycles. The third kappa shape index (κ3) is 3.12. The monoisotopic (exact) mass is 391 g/mol. The molecule has 0 radical (unpaired) electrons. The first-order chi connectivity index (χ1) is 12.0. The third-order valence-corrected chi connectivity index (χ3v) is 5.32. The van der Waals surface area contributed by atoms with Gasteiger partial charge in [-0.15, -0.1) is 0 Å². The maximum atomic E-state index is 6.35. The van der Waals surface area contributed by atoms with Crippen molar-refractivity contribution in [1.29, 1.82) is 0 Å². The molecule has 2 heterocycles. The first-order valence-corrected chi connectivity index (χ1v) is 9.21. The lowest BCUT2D eigenvalue weighted by Crippen LogP contribution is -2.06. The summed E-state index contributed by atoms with van der Waals surface area (Å²) < 4.78 is 1.98. The van der Waals surface area contributed by atoms with Crippen molar-refractivity contribution in [2.45, 2.75) is 19.8 Å². The summed E-state index contributed by atoms with van der Waals surface area (Å²) in [5.74, 6) is 1.06. The summed E-state index contributed by atoms with van der Waals surface area (Å²) in [7, 11) is 0. The number of rotatable bonds is 3. The Labute approximate surface area is 161 Å². The Morgan fingerprint density at radius 1 is 1.08 bits per heavy atom. The van der Waals surface area contributed by atoms with Gasteiger partial charge in [0.1, 0.15) is 5.82 Å². The molecule has 0 bridgehead atoms. The van der Waals surface area contributed by atoms with Gasteiger partial charge >= 0.3 is 0 Å². The molecule has 1 aliphatic rings. The van der Waals surface area contributed by atoms with Crippen molar-refractivity contribution in [3.05, 3.63) is 73.9 Å². The van der Waals surface area contributed by atoms with Gasteiger partial charge in [0.15, 0.2) is 0 Å². The molecular formula is C19H16Cl3N3. The molecule has 0 unspecified atom stereocenters. The van der Waals surface area contributed by atoms with Crippen molar-refractivity contribution in [3.8, 4) is 5.69 Å². The number of nitrogens with one attached hydrogen (secondary N) is 1. The Morgan fingerprint density at radius 3 is 2.60 bits per heavy atom. The quantitative estimate of drug-likeness (QED) is 0.619. The van der Waals surface area contributed by atoms with Crippen LogP contribution in [0.5, 0.6) is 0 Å². The summed E-state index contributed by atoms with van der Waals surface area (Å²) in [5, 5.41) is 10.4. The lowest BCUT2D eigenvalue weighted by Gasteiger charge is -2.10. The lowest BCUT2D eigenvalue weighted by molar-refractivity contribution is 0.835. The molecule has 128 valence electrons. The van der Waals surface area contributed by atoms with E-state index in [1.165, 1.54) is 5.56 Å². The standard InChI is InChI=1S/C19H16Cl3N3/c1-11-8-13(20)4-5-18(11)25-19-15(6-7-23-19)17(24-25)9-12-2-3-14(21)10-16(12)22/h2-5,8,10,23H,6-7,9H2,1H3. The van der Waals surface area contributed by atoms with Crippen LogP contribution in [0, 0.1) is 6.92 Å². The number of hydrogen-bond donors (Lipinski definition) is 1. The summed E-state index contributed by atoms with van der Waals surface area (Å²) in [6, 6.07) is 11.5. The largest absolute Gasteiger partial charge is 0.369 e. The molecule has 25 heavy (non-hydrogen) atoms. The molecule has 1 aromatic heterocycles. The molecule has 0 amide bonds. The van der Waals surface area contributed by atoms with Crippen LogP contribution in [-0.2, 0) is 12.8 Å². The van der Waals surface area contributed by atoms with Crippen LogP contribution in [-0.4, -0.2) is 16.3 Å². The van der Waals surface area contributed by atoms with E-state index in [2.05, 4.69) is 5.32 Å². The van der Waals surface area contributed by atoms with E-state index in [9.17, 15) is 0 Å². The van der Waals surface area contributed by atoms with E-state index in [0.717, 1.165) is 46.3 Å². The zero-order valence-corrected chi connectivity index (χ0v) is 15.9. The van der Waals surface area contributed by atoms with Crippen LogP contribution in [0.1, 0.15) is 22.4 Å². The highest BCUT2D eigenvalue weighted by Crippen LogP contribution is 2.33. The molecule has 1 aliphatic heterocycles.